The van der Waals surface area contributed by atoms with Gasteiger partial charge in [-0.25, -0.2) is 13.2 Å². The number of methoxy groups -OCH3 is 1. The van der Waals surface area contributed by atoms with Crippen LogP contribution in [0.15, 0.2) is 12.1 Å². The van der Waals surface area contributed by atoms with Crippen LogP contribution in [0.5, 0.6) is 0 Å². The van der Waals surface area contributed by atoms with E-state index >= 15 is 0 Å². The van der Waals surface area contributed by atoms with Gasteiger partial charge in [-0.2, -0.15) is 0 Å². The van der Waals surface area contributed by atoms with Crippen LogP contribution in [0.2, 0.25) is 0 Å². The molecular formula is C12H16N2O6S. The molecule has 0 aliphatic carbocycles. The smallest absolute Gasteiger partial charge is 0.338 e. The van der Waals surface area contributed by atoms with E-state index in [-0.39, 0.29) is 34.8 Å². The number of carbonyl (C=O) groups is 1. The second kappa shape index (κ2) is 6.53. The van der Waals surface area contributed by atoms with E-state index in [2.05, 4.69) is 10.1 Å². The van der Waals surface area contributed by atoms with Crippen LogP contribution in [0, 0.1) is 17.0 Å². The molecule has 1 rings (SSSR count). The number of nitro groups is 1. The lowest BCUT2D eigenvalue weighted by Crippen LogP contribution is -2.15. The molecule has 0 aliphatic rings. The van der Waals surface area contributed by atoms with E-state index in [1.54, 1.807) is 0 Å². The molecule has 21 heavy (non-hydrogen) atoms. The fourth-order valence-electron chi connectivity index (χ4n) is 1.78. The molecule has 116 valence electrons. The molecule has 8 nitrogen and oxygen atoms in total. The zero-order valence-corrected chi connectivity index (χ0v) is 12.7. The Kier molecular flexibility index (Phi) is 5.25. The van der Waals surface area contributed by atoms with Crippen molar-refractivity contribution in [3.05, 3.63) is 33.4 Å². The molecule has 0 saturated heterocycles. The van der Waals surface area contributed by atoms with Crippen LogP contribution >= 0.6 is 0 Å². The summed E-state index contributed by atoms with van der Waals surface area (Å²) in [5.74, 6) is -0.819. The number of anilines is 1. The van der Waals surface area contributed by atoms with E-state index in [9.17, 15) is 23.3 Å². The third-order valence-corrected chi connectivity index (χ3v) is 3.75. The summed E-state index contributed by atoms with van der Waals surface area (Å²) in [6, 6.07) is 2.76. The highest BCUT2D eigenvalue weighted by molar-refractivity contribution is 7.90. The number of hydrogen-bond donors (Lipinski definition) is 1. The van der Waals surface area contributed by atoms with Gasteiger partial charge < -0.3 is 10.1 Å². The third-order valence-electron chi connectivity index (χ3n) is 2.81. The molecule has 0 aliphatic heterocycles. The van der Waals surface area contributed by atoms with Crippen LogP contribution in [0.1, 0.15) is 15.9 Å². The molecule has 0 heterocycles. The lowest BCUT2D eigenvalue weighted by molar-refractivity contribution is -0.384. The Hall–Kier alpha value is -2.16. The average Bonchev–Trinajstić information content (AvgIpc) is 2.36. The van der Waals surface area contributed by atoms with Gasteiger partial charge in [-0.3, -0.25) is 10.1 Å². The molecule has 1 aromatic carbocycles. The Morgan fingerprint density at radius 3 is 2.52 bits per heavy atom. The highest BCUT2D eigenvalue weighted by atomic mass is 32.2. The van der Waals surface area contributed by atoms with Crippen molar-refractivity contribution in [2.75, 3.05) is 31.0 Å². The normalized spacial score (nSPS) is 11.0. The number of carbonyl (C=O) groups excluding carboxylic acids is 1. The molecular weight excluding hydrogens is 300 g/mol. The maximum atomic E-state index is 11.5. The molecule has 1 N–H and O–H groups in total. The summed E-state index contributed by atoms with van der Waals surface area (Å²) in [5, 5.41) is 13.9. The molecule has 0 unspecified atom stereocenters. The fraction of sp³-hybridized carbons (Fsp3) is 0.417. The first-order valence-corrected chi connectivity index (χ1v) is 8.01. The van der Waals surface area contributed by atoms with Crippen LogP contribution in [0.4, 0.5) is 11.4 Å². The van der Waals surface area contributed by atoms with Crippen LogP contribution in [-0.4, -0.2) is 45.0 Å². The van der Waals surface area contributed by atoms with Gasteiger partial charge in [0.2, 0.25) is 0 Å². The number of hydrogen-bond acceptors (Lipinski definition) is 7. The van der Waals surface area contributed by atoms with E-state index in [0.717, 1.165) is 6.26 Å². The van der Waals surface area contributed by atoms with Crippen molar-refractivity contribution in [3.8, 4) is 0 Å². The second-order valence-electron chi connectivity index (χ2n) is 4.44. The largest absolute Gasteiger partial charge is 0.465 e. The Labute approximate surface area is 122 Å². The number of nitro benzene ring substituents is 1. The van der Waals surface area contributed by atoms with E-state index in [4.69, 9.17) is 0 Å². The number of sulfone groups is 1. The monoisotopic (exact) mass is 316 g/mol. The van der Waals surface area contributed by atoms with Crippen molar-refractivity contribution in [1.29, 1.82) is 0 Å². The quantitative estimate of drug-likeness (QED) is 0.475. The van der Waals surface area contributed by atoms with Gasteiger partial charge in [-0.1, -0.05) is 0 Å². The Balaban J connectivity index is 3.13. The molecule has 0 saturated carbocycles. The van der Waals surface area contributed by atoms with Crippen LogP contribution in [0.3, 0.4) is 0 Å². The molecule has 1 aromatic rings. The SMILES string of the molecule is COC(=O)c1ccc(NCCS(C)(=O)=O)c([N+](=O)[O-])c1C. The van der Waals surface area contributed by atoms with Gasteiger partial charge in [0.05, 0.1) is 23.3 Å². The molecule has 0 bridgehead atoms. The number of rotatable bonds is 6. The summed E-state index contributed by atoms with van der Waals surface area (Å²) in [7, 11) is -1.98. The molecule has 0 radical (unpaired) electrons. The highest BCUT2D eigenvalue weighted by Gasteiger charge is 2.23. The van der Waals surface area contributed by atoms with Crippen molar-refractivity contribution < 1.29 is 22.9 Å². The Morgan fingerprint density at radius 1 is 1.43 bits per heavy atom. The third kappa shape index (κ3) is 4.42. The minimum absolute atomic E-state index is 0.0384. The first kappa shape index (κ1) is 16.9. The first-order chi connectivity index (χ1) is 9.67. The molecule has 0 fully saturated rings. The number of ether oxygens (including phenoxy) is 1. The van der Waals surface area contributed by atoms with Crippen molar-refractivity contribution >= 4 is 27.2 Å². The van der Waals surface area contributed by atoms with Gasteiger partial charge in [0.25, 0.3) is 5.69 Å². The summed E-state index contributed by atoms with van der Waals surface area (Å²) in [6.07, 6.45) is 1.08. The van der Waals surface area contributed by atoms with Crippen LogP contribution < -0.4 is 5.32 Å². The molecule has 9 heteroatoms. The maximum Gasteiger partial charge on any atom is 0.338 e. The van der Waals surface area contributed by atoms with Crippen molar-refractivity contribution in [3.63, 3.8) is 0 Å². The summed E-state index contributed by atoms with van der Waals surface area (Å²) in [5.41, 5.74) is 0.147. The zero-order valence-electron chi connectivity index (χ0n) is 11.9. The van der Waals surface area contributed by atoms with Gasteiger partial charge in [-0.05, 0) is 19.1 Å². The maximum absolute atomic E-state index is 11.5. The molecule has 0 amide bonds. The van der Waals surface area contributed by atoms with Gasteiger partial charge >= 0.3 is 5.97 Å². The standard InChI is InChI=1S/C12H16N2O6S/c1-8-9(12(15)20-2)4-5-10(11(8)14(16)17)13-6-7-21(3,18)19/h4-5,13H,6-7H2,1-3H3. The zero-order chi connectivity index (χ0) is 16.2. The lowest BCUT2D eigenvalue weighted by atomic mass is 10.1. The summed E-state index contributed by atoms with van der Waals surface area (Å²) in [4.78, 5) is 22.1. The fourth-order valence-corrected chi connectivity index (χ4v) is 2.25. The van der Waals surface area contributed by atoms with Crippen molar-refractivity contribution in [2.24, 2.45) is 0 Å². The Morgan fingerprint density at radius 2 is 2.05 bits per heavy atom. The summed E-state index contributed by atoms with van der Waals surface area (Å²) in [6.45, 7) is 1.48. The Bertz CT molecular complexity index is 669. The summed E-state index contributed by atoms with van der Waals surface area (Å²) >= 11 is 0. The number of nitrogens with one attached hydrogen (secondary N) is 1. The minimum atomic E-state index is -3.17. The highest BCUT2D eigenvalue weighted by Crippen LogP contribution is 2.31. The molecule has 0 atom stereocenters. The minimum Gasteiger partial charge on any atom is -0.465 e. The van der Waals surface area contributed by atoms with E-state index in [1.165, 1.54) is 26.2 Å². The van der Waals surface area contributed by atoms with Gasteiger partial charge in [0.15, 0.2) is 0 Å². The second-order valence-corrected chi connectivity index (χ2v) is 6.70. The number of benzene rings is 1. The lowest BCUT2D eigenvalue weighted by Gasteiger charge is -2.10. The van der Waals surface area contributed by atoms with Crippen LogP contribution in [0.25, 0.3) is 0 Å². The number of nitrogens with zero attached hydrogens (tertiary/aromatic N) is 1. The van der Waals surface area contributed by atoms with Gasteiger partial charge in [0.1, 0.15) is 15.5 Å². The van der Waals surface area contributed by atoms with E-state index < -0.39 is 20.7 Å². The van der Waals surface area contributed by atoms with Gasteiger partial charge in [-0.15, -0.1) is 0 Å². The topological polar surface area (TPSA) is 116 Å². The first-order valence-electron chi connectivity index (χ1n) is 5.95. The summed E-state index contributed by atoms with van der Waals surface area (Å²) < 4.78 is 26.7. The van der Waals surface area contributed by atoms with Gasteiger partial charge in [0, 0.05) is 18.4 Å². The van der Waals surface area contributed by atoms with Crippen LogP contribution in [-0.2, 0) is 14.6 Å². The predicted octanol–water partition coefficient (Wildman–Crippen LogP) is 1.15. The van der Waals surface area contributed by atoms with E-state index in [1.807, 2.05) is 0 Å². The predicted molar refractivity (Wildman–Crippen MR) is 77.4 cm³/mol. The average molecular weight is 316 g/mol. The molecule has 0 aromatic heterocycles. The van der Waals surface area contributed by atoms with Crippen molar-refractivity contribution in [2.45, 2.75) is 6.92 Å². The van der Waals surface area contributed by atoms with E-state index in [0.29, 0.717) is 0 Å². The number of esters is 1. The van der Waals surface area contributed by atoms with Crippen molar-refractivity contribution in [1.82, 2.24) is 0 Å². The molecule has 0 spiro atoms.